The quantitative estimate of drug-likeness (QED) is 0.293. The molecule has 3 nitrogen and oxygen atoms in total. The standard InChI is InChI=1S/C43H71N3/c44-30-34-11-7-8-16-39(34)33-21-19-31(20-22-33)32-23-25-37(26-24-32)46-42-18-10-9-17-40(42)41-29-38(27-28-43(41)46)45(35-12-3-1-4-13-35)36-14-5-2-6-15-36/h31-43H,1-29H2. The summed E-state index contributed by atoms with van der Waals surface area (Å²) in [5, 5.41) is 9.80. The van der Waals surface area contributed by atoms with Crippen LogP contribution in [0.3, 0.4) is 0 Å². The van der Waals surface area contributed by atoms with Crippen LogP contribution in [0.1, 0.15) is 186 Å². The van der Waals surface area contributed by atoms with E-state index in [1.165, 1.54) is 173 Å². The number of likely N-dealkylation sites (tertiary alicyclic amines) is 1. The van der Waals surface area contributed by atoms with Crippen LogP contribution < -0.4 is 0 Å². The summed E-state index contributed by atoms with van der Waals surface area (Å²) in [5.74, 6) is 5.99. The van der Waals surface area contributed by atoms with Gasteiger partial charge in [0.25, 0.3) is 0 Å². The van der Waals surface area contributed by atoms with Crippen molar-refractivity contribution in [2.45, 2.75) is 222 Å². The number of hydrogen-bond acceptors (Lipinski definition) is 3. The van der Waals surface area contributed by atoms with E-state index in [0.717, 1.165) is 71.8 Å². The van der Waals surface area contributed by atoms with Gasteiger partial charge in [-0.25, -0.2) is 0 Å². The highest BCUT2D eigenvalue weighted by atomic mass is 15.3. The van der Waals surface area contributed by atoms with Crippen molar-refractivity contribution in [2.75, 3.05) is 0 Å². The van der Waals surface area contributed by atoms with Crippen LogP contribution in [0.25, 0.3) is 0 Å². The first kappa shape index (κ1) is 32.6. The van der Waals surface area contributed by atoms with E-state index >= 15 is 0 Å². The van der Waals surface area contributed by atoms with E-state index in [-0.39, 0.29) is 0 Å². The molecule has 8 aliphatic rings. The molecule has 258 valence electrons. The Morgan fingerprint density at radius 2 is 0.935 bits per heavy atom. The predicted molar refractivity (Wildman–Crippen MR) is 190 cm³/mol. The maximum absolute atomic E-state index is 9.80. The minimum Gasteiger partial charge on any atom is -0.294 e. The maximum Gasteiger partial charge on any atom is 0.0658 e. The maximum atomic E-state index is 9.80. The lowest BCUT2D eigenvalue weighted by atomic mass is 9.64. The average Bonchev–Trinajstić information content (AvgIpc) is 3.46. The second kappa shape index (κ2) is 15.1. The van der Waals surface area contributed by atoms with Gasteiger partial charge in [-0.1, -0.05) is 64.2 Å². The Bertz CT molecular complexity index is 972. The van der Waals surface area contributed by atoms with Gasteiger partial charge in [-0.3, -0.25) is 9.80 Å². The Morgan fingerprint density at radius 3 is 1.59 bits per heavy atom. The van der Waals surface area contributed by atoms with Crippen molar-refractivity contribution in [1.29, 1.82) is 5.26 Å². The Hall–Kier alpha value is -0.590. The Labute approximate surface area is 284 Å². The molecule has 0 spiro atoms. The smallest absolute Gasteiger partial charge is 0.0658 e. The fraction of sp³-hybridized carbons (Fsp3) is 0.977. The Balaban J connectivity index is 0.896. The van der Waals surface area contributed by atoms with Crippen molar-refractivity contribution in [2.24, 2.45) is 41.4 Å². The highest BCUT2D eigenvalue weighted by molar-refractivity contribution is 5.08. The zero-order valence-corrected chi connectivity index (χ0v) is 29.9. The van der Waals surface area contributed by atoms with Gasteiger partial charge in [0.2, 0.25) is 0 Å². The summed E-state index contributed by atoms with van der Waals surface area (Å²) in [6.45, 7) is 0. The zero-order valence-electron chi connectivity index (χ0n) is 29.9. The molecule has 0 N–H and O–H groups in total. The van der Waals surface area contributed by atoms with Gasteiger partial charge in [0, 0.05) is 42.2 Å². The SMILES string of the molecule is N#CC1CCCCC1C1CCC(C2CCC(N3C4CCCCC4C4CC(N(C5CCCCC5)C5CCCCC5)CCC43)CC2)CC1. The van der Waals surface area contributed by atoms with Crippen LogP contribution in [-0.4, -0.2) is 46.1 Å². The van der Waals surface area contributed by atoms with Crippen LogP contribution in [0.15, 0.2) is 0 Å². The van der Waals surface area contributed by atoms with Crippen molar-refractivity contribution in [3.63, 3.8) is 0 Å². The fourth-order valence-corrected chi connectivity index (χ4v) is 14.5. The molecule has 7 saturated carbocycles. The minimum atomic E-state index is 0.372. The summed E-state index contributed by atoms with van der Waals surface area (Å²) in [5.41, 5.74) is 0. The van der Waals surface area contributed by atoms with Crippen LogP contribution in [0.5, 0.6) is 0 Å². The molecule has 1 aliphatic heterocycles. The highest BCUT2D eigenvalue weighted by Crippen LogP contribution is 2.54. The average molecular weight is 630 g/mol. The van der Waals surface area contributed by atoms with Gasteiger partial charge in [-0.05, 0) is 158 Å². The number of fused-ring (bicyclic) bond motifs is 3. The normalized spacial score (nSPS) is 45.2. The molecule has 0 aromatic heterocycles. The molecule has 0 radical (unpaired) electrons. The third kappa shape index (κ3) is 6.64. The third-order valence-corrected chi connectivity index (χ3v) is 16.6. The highest BCUT2D eigenvalue weighted by Gasteiger charge is 2.54. The molecule has 8 rings (SSSR count). The van der Waals surface area contributed by atoms with Crippen molar-refractivity contribution in [1.82, 2.24) is 9.80 Å². The summed E-state index contributed by atoms with van der Waals surface area (Å²) in [6.07, 6.45) is 42.8. The summed E-state index contributed by atoms with van der Waals surface area (Å²) >= 11 is 0. The van der Waals surface area contributed by atoms with Gasteiger partial charge in [-0.2, -0.15) is 5.26 Å². The number of nitriles is 1. The Morgan fingerprint density at radius 1 is 0.413 bits per heavy atom. The van der Waals surface area contributed by atoms with E-state index in [4.69, 9.17) is 0 Å². The zero-order chi connectivity index (χ0) is 30.9. The molecule has 0 aromatic carbocycles. The summed E-state index contributed by atoms with van der Waals surface area (Å²) in [6, 6.07) is 8.21. The number of hydrogen-bond donors (Lipinski definition) is 0. The molecule has 1 saturated heterocycles. The van der Waals surface area contributed by atoms with Crippen LogP contribution in [0.4, 0.5) is 0 Å². The first-order valence-corrected chi connectivity index (χ1v) is 21.7. The van der Waals surface area contributed by atoms with Gasteiger partial charge in [0.05, 0.1) is 6.07 Å². The van der Waals surface area contributed by atoms with Crippen LogP contribution in [-0.2, 0) is 0 Å². The molecule has 0 amide bonds. The molecule has 0 aromatic rings. The summed E-state index contributed by atoms with van der Waals surface area (Å²) < 4.78 is 0. The largest absolute Gasteiger partial charge is 0.294 e. The number of rotatable bonds is 6. The second-order valence-corrected chi connectivity index (χ2v) is 18.6. The van der Waals surface area contributed by atoms with E-state index in [1.807, 2.05) is 0 Å². The first-order chi connectivity index (χ1) is 22.8. The summed E-state index contributed by atoms with van der Waals surface area (Å²) in [7, 11) is 0. The molecular formula is C43H71N3. The molecule has 7 unspecified atom stereocenters. The lowest BCUT2D eigenvalue weighted by Gasteiger charge is -2.50. The second-order valence-electron chi connectivity index (χ2n) is 18.6. The van der Waals surface area contributed by atoms with E-state index in [9.17, 15) is 5.26 Å². The molecule has 0 bridgehead atoms. The van der Waals surface area contributed by atoms with Crippen molar-refractivity contribution < 1.29 is 0 Å². The molecular weight excluding hydrogens is 558 g/mol. The lowest BCUT2D eigenvalue weighted by molar-refractivity contribution is -0.00859. The van der Waals surface area contributed by atoms with E-state index in [2.05, 4.69) is 15.9 Å². The van der Waals surface area contributed by atoms with Crippen LogP contribution in [0, 0.1) is 52.8 Å². The van der Waals surface area contributed by atoms with E-state index < -0.39 is 0 Å². The topological polar surface area (TPSA) is 30.3 Å². The fourth-order valence-electron chi connectivity index (χ4n) is 14.5. The van der Waals surface area contributed by atoms with Gasteiger partial charge < -0.3 is 0 Å². The molecule has 7 aliphatic carbocycles. The molecule has 8 fully saturated rings. The van der Waals surface area contributed by atoms with Crippen molar-refractivity contribution in [3.05, 3.63) is 0 Å². The van der Waals surface area contributed by atoms with E-state index in [0.29, 0.717) is 5.92 Å². The van der Waals surface area contributed by atoms with Gasteiger partial charge in [0.15, 0.2) is 0 Å². The van der Waals surface area contributed by atoms with E-state index in [1.54, 1.807) is 12.8 Å². The van der Waals surface area contributed by atoms with Crippen molar-refractivity contribution >= 4 is 0 Å². The monoisotopic (exact) mass is 630 g/mol. The molecule has 7 atom stereocenters. The van der Waals surface area contributed by atoms with Gasteiger partial charge >= 0.3 is 0 Å². The van der Waals surface area contributed by atoms with Gasteiger partial charge in [-0.15, -0.1) is 0 Å². The molecule has 46 heavy (non-hydrogen) atoms. The van der Waals surface area contributed by atoms with Crippen molar-refractivity contribution in [3.8, 4) is 6.07 Å². The predicted octanol–water partition coefficient (Wildman–Crippen LogP) is 11.1. The number of nitrogens with zero attached hydrogens (tertiary/aromatic N) is 3. The van der Waals surface area contributed by atoms with Gasteiger partial charge in [0.1, 0.15) is 0 Å². The van der Waals surface area contributed by atoms with Crippen LogP contribution >= 0.6 is 0 Å². The molecule has 1 heterocycles. The van der Waals surface area contributed by atoms with Crippen LogP contribution in [0.2, 0.25) is 0 Å². The molecule has 3 heteroatoms. The minimum absolute atomic E-state index is 0.372. The summed E-state index contributed by atoms with van der Waals surface area (Å²) in [4.78, 5) is 6.54. The Kier molecular flexibility index (Phi) is 10.7. The lowest BCUT2D eigenvalue weighted by Crippen LogP contribution is -2.55. The first-order valence-electron chi connectivity index (χ1n) is 21.7. The third-order valence-electron chi connectivity index (χ3n) is 16.6.